The molecule has 94 valence electrons. The van der Waals surface area contributed by atoms with Crippen molar-refractivity contribution in [2.75, 3.05) is 0 Å². The number of hydrogen-bond donors (Lipinski definition) is 0. The summed E-state index contributed by atoms with van der Waals surface area (Å²) in [5.41, 5.74) is 3.61. The fourth-order valence-electron chi connectivity index (χ4n) is 2.01. The molecule has 0 unspecified atom stereocenters. The molecule has 0 aromatic heterocycles. The third-order valence-electron chi connectivity index (χ3n) is 2.76. The molecule has 0 fully saturated rings. The van der Waals surface area contributed by atoms with E-state index in [0.717, 1.165) is 5.57 Å². The van der Waals surface area contributed by atoms with Gasteiger partial charge in [0.2, 0.25) is 0 Å². The minimum Gasteiger partial charge on any atom is -0.0955 e. The van der Waals surface area contributed by atoms with Crippen molar-refractivity contribution in [3.8, 4) is 0 Å². The van der Waals surface area contributed by atoms with E-state index >= 15 is 0 Å². The fraction of sp³-hybridized carbons (Fsp3) is 0.222. The second-order valence-corrected chi connectivity index (χ2v) is 4.03. The van der Waals surface area contributed by atoms with Gasteiger partial charge in [0.25, 0.3) is 0 Å². The molecule has 0 heteroatoms. The summed E-state index contributed by atoms with van der Waals surface area (Å²) in [6, 6.07) is 12.8. The largest absolute Gasteiger partial charge is 0.0955 e. The van der Waals surface area contributed by atoms with Crippen molar-refractivity contribution >= 4 is 22.4 Å². The highest BCUT2D eigenvalue weighted by atomic mass is 14.1. The standard InChI is InChI=1S/C16H16.C2H6/c1-4-7-16-14(12(2)3)11-10-13-8-5-6-9-15(13)16;1-2/h4-11H,2H2,1,3H3;1-2H3/b7-4-;. The lowest BCUT2D eigenvalue weighted by molar-refractivity contribution is 1.50. The maximum absolute atomic E-state index is 4.04. The lowest BCUT2D eigenvalue weighted by Crippen LogP contribution is -1.87. The summed E-state index contributed by atoms with van der Waals surface area (Å²) < 4.78 is 0. The summed E-state index contributed by atoms with van der Waals surface area (Å²) in [5.74, 6) is 0. The molecule has 0 amide bonds. The van der Waals surface area contributed by atoms with Gasteiger partial charge in [0.15, 0.2) is 0 Å². The molecular weight excluding hydrogens is 216 g/mol. The molecule has 0 nitrogen and oxygen atoms in total. The normalized spacial score (nSPS) is 10.2. The maximum Gasteiger partial charge on any atom is -0.0105 e. The van der Waals surface area contributed by atoms with Crippen LogP contribution in [-0.2, 0) is 0 Å². The molecule has 2 rings (SSSR count). The first-order chi connectivity index (χ1) is 8.74. The van der Waals surface area contributed by atoms with Gasteiger partial charge < -0.3 is 0 Å². The van der Waals surface area contributed by atoms with Gasteiger partial charge in [-0.15, -0.1) is 0 Å². The van der Waals surface area contributed by atoms with E-state index in [9.17, 15) is 0 Å². The first-order valence-corrected chi connectivity index (χ1v) is 6.54. The van der Waals surface area contributed by atoms with Gasteiger partial charge in [0.1, 0.15) is 0 Å². The third kappa shape index (κ3) is 2.89. The van der Waals surface area contributed by atoms with Crippen molar-refractivity contribution in [3.05, 3.63) is 60.2 Å². The van der Waals surface area contributed by atoms with Crippen LogP contribution in [0.25, 0.3) is 22.4 Å². The Morgan fingerprint density at radius 1 is 1.06 bits per heavy atom. The van der Waals surface area contributed by atoms with Gasteiger partial charge in [0, 0.05) is 0 Å². The van der Waals surface area contributed by atoms with Crippen LogP contribution in [0.15, 0.2) is 49.1 Å². The Morgan fingerprint density at radius 3 is 2.33 bits per heavy atom. The summed E-state index contributed by atoms with van der Waals surface area (Å²) in [6.07, 6.45) is 4.24. The summed E-state index contributed by atoms with van der Waals surface area (Å²) >= 11 is 0. The van der Waals surface area contributed by atoms with E-state index in [1.54, 1.807) is 0 Å². The third-order valence-corrected chi connectivity index (χ3v) is 2.76. The topological polar surface area (TPSA) is 0 Å². The number of allylic oxidation sites excluding steroid dienone is 2. The van der Waals surface area contributed by atoms with Gasteiger partial charge in [0.05, 0.1) is 0 Å². The molecule has 0 saturated carbocycles. The van der Waals surface area contributed by atoms with Crippen LogP contribution in [0.2, 0.25) is 0 Å². The van der Waals surface area contributed by atoms with Crippen LogP contribution >= 0.6 is 0 Å². The van der Waals surface area contributed by atoms with Crippen molar-refractivity contribution in [3.63, 3.8) is 0 Å². The van der Waals surface area contributed by atoms with Crippen LogP contribution in [0.5, 0.6) is 0 Å². The van der Waals surface area contributed by atoms with Gasteiger partial charge in [-0.1, -0.05) is 74.5 Å². The monoisotopic (exact) mass is 238 g/mol. The molecule has 0 spiro atoms. The average molecular weight is 238 g/mol. The Morgan fingerprint density at radius 2 is 1.72 bits per heavy atom. The smallest absolute Gasteiger partial charge is 0.0105 e. The Kier molecular flexibility index (Phi) is 5.38. The zero-order valence-corrected chi connectivity index (χ0v) is 11.8. The van der Waals surface area contributed by atoms with Gasteiger partial charge in [-0.2, -0.15) is 0 Å². The Balaban J connectivity index is 0.000000771. The zero-order chi connectivity index (χ0) is 13.5. The van der Waals surface area contributed by atoms with E-state index in [0.29, 0.717) is 0 Å². The number of benzene rings is 2. The summed E-state index contributed by atoms with van der Waals surface area (Å²) in [4.78, 5) is 0. The van der Waals surface area contributed by atoms with Crippen molar-refractivity contribution < 1.29 is 0 Å². The minimum absolute atomic E-state index is 1.11. The van der Waals surface area contributed by atoms with Gasteiger partial charge in [-0.25, -0.2) is 0 Å². The van der Waals surface area contributed by atoms with Crippen LogP contribution in [-0.4, -0.2) is 0 Å². The molecule has 0 bridgehead atoms. The predicted octanol–water partition coefficient (Wildman–Crippen LogP) is 5.93. The average Bonchev–Trinajstić information content (AvgIpc) is 2.41. The van der Waals surface area contributed by atoms with Crippen molar-refractivity contribution in [2.45, 2.75) is 27.7 Å². The molecule has 0 saturated heterocycles. The van der Waals surface area contributed by atoms with Crippen molar-refractivity contribution in [2.24, 2.45) is 0 Å². The SMILES string of the molecule is C=C(C)c1ccc2ccccc2c1/C=C\C.CC. The van der Waals surface area contributed by atoms with Gasteiger partial charge in [-0.05, 0) is 35.7 Å². The van der Waals surface area contributed by atoms with E-state index in [2.05, 4.69) is 62.1 Å². The molecular formula is C18H22. The number of rotatable bonds is 2. The summed E-state index contributed by atoms with van der Waals surface area (Å²) in [6.45, 7) is 12.1. The number of fused-ring (bicyclic) bond motifs is 1. The number of hydrogen-bond acceptors (Lipinski definition) is 0. The predicted molar refractivity (Wildman–Crippen MR) is 84.7 cm³/mol. The van der Waals surface area contributed by atoms with E-state index < -0.39 is 0 Å². The lowest BCUT2D eigenvalue weighted by atomic mass is 9.95. The highest BCUT2D eigenvalue weighted by molar-refractivity contribution is 5.95. The first-order valence-electron chi connectivity index (χ1n) is 6.54. The fourth-order valence-corrected chi connectivity index (χ4v) is 2.01. The van der Waals surface area contributed by atoms with Crippen LogP contribution in [0.1, 0.15) is 38.8 Å². The molecule has 0 radical (unpaired) electrons. The summed E-state index contributed by atoms with van der Waals surface area (Å²) in [7, 11) is 0. The van der Waals surface area contributed by atoms with Crippen molar-refractivity contribution in [1.82, 2.24) is 0 Å². The Bertz CT molecular complexity index is 559. The molecule has 0 N–H and O–H groups in total. The molecule has 0 aliphatic rings. The van der Waals surface area contributed by atoms with E-state index in [-0.39, 0.29) is 0 Å². The van der Waals surface area contributed by atoms with Gasteiger partial charge >= 0.3 is 0 Å². The van der Waals surface area contributed by atoms with E-state index in [1.165, 1.54) is 21.9 Å². The minimum atomic E-state index is 1.11. The van der Waals surface area contributed by atoms with Crippen LogP contribution in [0, 0.1) is 0 Å². The summed E-state index contributed by atoms with van der Waals surface area (Å²) in [5, 5.41) is 2.57. The molecule has 0 heterocycles. The quantitative estimate of drug-likeness (QED) is 0.608. The zero-order valence-electron chi connectivity index (χ0n) is 11.8. The first kappa shape index (κ1) is 14.2. The molecule has 2 aromatic rings. The Labute approximate surface area is 111 Å². The van der Waals surface area contributed by atoms with Crippen LogP contribution < -0.4 is 0 Å². The van der Waals surface area contributed by atoms with Crippen LogP contribution in [0.3, 0.4) is 0 Å². The maximum atomic E-state index is 4.04. The molecule has 0 aliphatic heterocycles. The van der Waals surface area contributed by atoms with Crippen LogP contribution in [0.4, 0.5) is 0 Å². The second kappa shape index (κ2) is 6.80. The molecule has 0 atom stereocenters. The van der Waals surface area contributed by atoms with E-state index in [4.69, 9.17) is 0 Å². The Hall–Kier alpha value is -1.82. The molecule has 2 aromatic carbocycles. The highest BCUT2D eigenvalue weighted by Crippen LogP contribution is 2.27. The second-order valence-electron chi connectivity index (χ2n) is 4.03. The van der Waals surface area contributed by atoms with Gasteiger partial charge in [-0.3, -0.25) is 0 Å². The highest BCUT2D eigenvalue weighted by Gasteiger charge is 2.04. The molecule has 0 aliphatic carbocycles. The lowest BCUT2D eigenvalue weighted by Gasteiger charge is -2.09. The molecule has 18 heavy (non-hydrogen) atoms. The van der Waals surface area contributed by atoms with Crippen molar-refractivity contribution in [1.29, 1.82) is 0 Å². The van der Waals surface area contributed by atoms with E-state index in [1.807, 2.05) is 20.8 Å².